The van der Waals surface area contributed by atoms with E-state index in [-0.39, 0.29) is 22.9 Å². The van der Waals surface area contributed by atoms with Crippen LogP contribution in [0.25, 0.3) is 16.5 Å². The lowest BCUT2D eigenvalue weighted by Gasteiger charge is -2.17. The van der Waals surface area contributed by atoms with E-state index in [1.165, 1.54) is 22.2 Å². The highest BCUT2D eigenvalue weighted by Gasteiger charge is 2.31. The summed E-state index contributed by atoms with van der Waals surface area (Å²) in [6.45, 7) is 1.75. The van der Waals surface area contributed by atoms with Gasteiger partial charge in [-0.15, -0.1) is 0 Å². The van der Waals surface area contributed by atoms with Crippen molar-refractivity contribution in [1.29, 1.82) is 0 Å². The largest absolute Gasteiger partial charge is 0.295 e. The van der Waals surface area contributed by atoms with Gasteiger partial charge in [0.25, 0.3) is 10.0 Å². The Labute approximate surface area is 169 Å². The molecule has 5 nitrogen and oxygen atoms in total. The molecular weight excluding hydrogens is 386 g/mol. The highest BCUT2D eigenvalue weighted by Crippen LogP contribution is 2.38. The number of nitrogens with zero attached hydrogens (tertiary/aromatic N) is 1. The number of aromatic nitrogens is 1. The number of carbonyl (C=O) groups excluding carboxylic acids is 2. The Morgan fingerprint density at radius 2 is 1.69 bits per heavy atom. The van der Waals surface area contributed by atoms with E-state index < -0.39 is 10.0 Å². The molecule has 1 aliphatic rings. The smallest absolute Gasteiger partial charge is 0.268 e. The maximum Gasteiger partial charge on any atom is 0.268 e. The van der Waals surface area contributed by atoms with Crippen LogP contribution >= 0.6 is 0 Å². The Bertz CT molecular complexity index is 1250. The Morgan fingerprint density at radius 3 is 2.38 bits per heavy atom. The summed E-state index contributed by atoms with van der Waals surface area (Å²) >= 11 is 0. The molecule has 0 atom stereocenters. The van der Waals surface area contributed by atoms with E-state index in [0.717, 1.165) is 0 Å². The molecule has 1 heterocycles. The fourth-order valence-corrected chi connectivity index (χ4v) is 5.47. The molecule has 4 rings (SSSR count). The zero-order valence-electron chi connectivity index (χ0n) is 16.1. The van der Waals surface area contributed by atoms with Crippen LogP contribution in [0.5, 0.6) is 0 Å². The van der Waals surface area contributed by atoms with Gasteiger partial charge >= 0.3 is 0 Å². The predicted octanol–water partition coefficient (Wildman–Crippen LogP) is 4.61. The summed E-state index contributed by atoms with van der Waals surface area (Å²) in [6.07, 6.45) is 3.37. The minimum Gasteiger partial charge on any atom is -0.295 e. The first kappa shape index (κ1) is 19.3. The molecule has 29 heavy (non-hydrogen) atoms. The molecule has 148 valence electrons. The summed E-state index contributed by atoms with van der Waals surface area (Å²) in [7, 11) is -3.97. The number of para-hydroxylation sites is 1. The van der Waals surface area contributed by atoms with Crippen molar-refractivity contribution in [3.05, 3.63) is 71.9 Å². The van der Waals surface area contributed by atoms with Gasteiger partial charge in [0.2, 0.25) is 0 Å². The van der Waals surface area contributed by atoms with Gasteiger partial charge in [-0.25, -0.2) is 12.4 Å². The molecule has 0 fully saturated rings. The van der Waals surface area contributed by atoms with Gasteiger partial charge in [0.15, 0.2) is 11.6 Å². The van der Waals surface area contributed by atoms with E-state index in [4.69, 9.17) is 0 Å². The maximum atomic E-state index is 13.7. The number of allylic oxidation sites excluding steroid dienone is 2. The third kappa shape index (κ3) is 3.23. The van der Waals surface area contributed by atoms with Gasteiger partial charge in [0.1, 0.15) is 0 Å². The molecule has 3 aromatic rings. The fourth-order valence-electron chi connectivity index (χ4n) is 3.89. The Morgan fingerprint density at radius 1 is 1.00 bits per heavy atom. The molecule has 0 radical (unpaired) electrons. The number of Topliss-reactive ketones (excluding diaryl/α,β-unsaturated/α-hetero) is 1. The van der Waals surface area contributed by atoms with E-state index >= 15 is 0 Å². The molecule has 0 spiro atoms. The Kier molecular flexibility index (Phi) is 4.96. The predicted molar refractivity (Wildman–Crippen MR) is 112 cm³/mol. The van der Waals surface area contributed by atoms with Gasteiger partial charge < -0.3 is 0 Å². The molecule has 0 N–H and O–H groups in total. The van der Waals surface area contributed by atoms with Gasteiger partial charge in [0, 0.05) is 18.2 Å². The van der Waals surface area contributed by atoms with E-state index in [1.54, 1.807) is 49.4 Å². The molecule has 0 saturated heterocycles. The summed E-state index contributed by atoms with van der Waals surface area (Å²) in [4.78, 5) is 25.2. The first-order chi connectivity index (χ1) is 13.9. The zero-order valence-corrected chi connectivity index (χ0v) is 16.9. The van der Waals surface area contributed by atoms with Gasteiger partial charge in [-0.2, -0.15) is 0 Å². The summed E-state index contributed by atoms with van der Waals surface area (Å²) in [5.74, 6) is -0.188. The summed E-state index contributed by atoms with van der Waals surface area (Å²) in [5.41, 5.74) is 1.76. The average molecular weight is 407 g/mol. The second-order valence-corrected chi connectivity index (χ2v) is 8.88. The van der Waals surface area contributed by atoms with Crippen LogP contribution in [-0.4, -0.2) is 24.0 Å². The molecule has 0 aliphatic heterocycles. The molecule has 2 aromatic carbocycles. The van der Waals surface area contributed by atoms with E-state index in [2.05, 4.69) is 0 Å². The Hall–Kier alpha value is -2.99. The lowest BCUT2D eigenvalue weighted by Crippen LogP contribution is -2.18. The van der Waals surface area contributed by atoms with E-state index in [0.29, 0.717) is 47.0 Å². The third-order valence-electron chi connectivity index (χ3n) is 5.22. The second kappa shape index (κ2) is 7.44. The molecule has 0 saturated carbocycles. The molecule has 6 heteroatoms. The van der Waals surface area contributed by atoms with E-state index in [1.807, 2.05) is 0 Å². The fraction of sp³-hybridized carbons (Fsp3) is 0.217. The first-order valence-corrected chi connectivity index (χ1v) is 11.1. The van der Waals surface area contributed by atoms with Crippen LogP contribution in [0.2, 0.25) is 0 Å². The number of ketones is 2. The summed E-state index contributed by atoms with van der Waals surface area (Å²) in [6, 6.07) is 15.2. The standard InChI is InChI=1S/C23H21NO4S/c1-2-21(26)22-19-13-6-7-14-20(19)24(23(22)16-9-8-10-17(25)15-16)29(27,28)18-11-4-3-5-12-18/h3-7,11-15H,2,8-10H2,1H3. The van der Waals surface area contributed by atoms with Crippen molar-refractivity contribution in [3.63, 3.8) is 0 Å². The minimum absolute atomic E-state index is 0.0462. The van der Waals surface area contributed by atoms with Gasteiger partial charge in [-0.05, 0) is 42.7 Å². The number of hydrogen-bond donors (Lipinski definition) is 0. The number of fused-ring (bicyclic) bond motifs is 1. The molecule has 1 aromatic heterocycles. The van der Waals surface area contributed by atoms with Gasteiger partial charge in [0.05, 0.1) is 21.7 Å². The minimum atomic E-state index is -3.97. The van der Waals surface area contributed by atoms with Crippen LogP contribution in [-0.2, 0) is 14.8 Å². The normalized spacial score (nSPS) is 14.8. The number of benzene rings is 2. The highest BCUT2D eigenvalue weighted by atomic mass is 32.2. The van der Waals surface area contributed by atoms with Crippen LogP contribution < -0.4 is 0 Å². The van der Waals surface area contributed by atoms with Crippen LogP contribution in [0.1, 0.15) is 48.7 Å². The molecule has 0 unspecified atom stereocenters. The summed E-state index contributed by atoms with van der Waals surface area (Å²) in [5, 5.41) is 0.591. The van der Waals surface area contributed by atoms with Crippen molar-refractivity contribution in [2.24, 2.45) is 0 Å². The lowest BCUT2D eigenvalue weighted by atomic mass is 9.92. The van der Waals surface area contributed by atoms with Crippen molar-refractivity contribution < 1.29 is 18.0 Å². The van der Waals surface area contributed by atoms with Crippen molar-refractivity contribution >= 4 is 38.1 Å². The topological polar surface area (TPSA) is 73.2 Å². The zero-order chi connectivity index (χ0) is 20.6. The average Bonchev–Trinajstić information content (AvgIpc) is 3.10. The first-order valence-electron chi connectivity index (χ1n) is 9.66. The molecular formula is C23H21NO4S. The van der Waals surface area contributed by atoms with Crippen LogP contribution in [0.3, 0.4) is 0 Å². The highest BCUT2D eigenvalue weighted by molar-refractivity contribution is 7.90. The maximum absolute atomic E-state index is 13.7. The SMILES string of the molecule is CCC(=O)c1c(C2=CC(=O)CCC2)n(S(=O)(=O)c2ccccc2)c2ccccc12. The number of carbonyl (C=O) groups is 2. The van der Waals surface area contributed by atoms with Crippen molar-refractivity contribution in [2.45, 2.75) is 37.5 Å². The number of hydrogen-bond acceptors (Lipinski definition) is 4. The van der Waals surface area contributed by atoms with Crippen molar-refractivity contribution in [2.75, 3.05) is 0 Å². The summed E-state index contributed by atoms with van der Waals surface area (Å²) < 4.78 is 28.6. The quantitative estimate of drug-likeness (QED) is 0.579. The van der Waals surface area contributed by atoms with Gasteiger partial charge in [-0.1, -0.05) is 43.3 Å². The number of rotatable bonds is 5. The van der Waals surface area contributed by atoms with Gasteiger partial charge in [-0.3, -0.25) is 9.59 Å². The molecule has 1 aliphatic carbocycles. The van der Waals surface area contributed by atoms with Crippen molar-refractivity contribution in [3.8, 4) is 0 Å². The second-order valence-electron chi connectivity index (χ2n) is 7.09. The Balaban J connectivity index is 2.15. The lowest BCUT2D eigenvalue weighted by molar-refractivity contribution is -0.114. The van der Waals surface area contributed by atoms with Crippen LogP contribution in [0, 0.1) is 0 Å². The monoisotopic (exact) mass is 407 g/mol. The molecule has 0 bridgehead atoms. The van der Waals surface area contributed by atoms with Crippen LogP contribution in [0.4, 0.5) is 0 Å². The van der Waals surface area contributed by atoms with Crippen LogP contribution in [0.15, 0.2) is 65.6 Å². The van der Waals surface area contributed by atoms with E-state index in [9.17, 15) is 18.0 Å². The third-order valence-corrected chi connectivity index (χ3v) is 6.95. The molecule has 0 amide bonds. The van der Waals surface area contributed by atoms with Crippen molar-refractivity contribution in [1.82, 2.24) is 3.97 Å².